The molecule has 0 spiro atoms. The maximum absolute atomic E-state index is 12.8. The molecule has 112 valence electrons. The van der Waals surface area contributed by atoms with Crippen LogP contribution < -0.4 is 16.2 Å². The predicted octanol–water partition coefficient (Wildman–Crippen LogP) is 1.81. The van der Waals surface area contributed by atoms with Gasteiger partial charge < -0.3 is 4.90 Å². The molecular formula is C12H13F3N6. The summed E-state index contributed by atoms with van der Waals surface area (Å²) in [6.45, 7) is 0.376. The molecule has 2 aromatic rings. The minimum Gasteiger partial charge on any atom is -0.355 e. The Labute approximate surface area is 118 Å². The summed E-state index contributed by atoms with van der Waals surface area (Å²) in [6, 6.07) is 4.41. The quantitative estimate of drug-likeness (QED) is 0.662. The fourth-order valence-corrected chi connectivity index (χ4v) is 1.68. The lowest BCUT2D eigenvalue weighted by atomic mass is 10.2. The largest absolute Gasteiger partial charge is 0.433 e. The van der Waals surface area contributed by atoms with E-state index in [0.717, 1.165) is 11.6 Å². The average Bonchev–Trinajstić information content (AvgIpc) is 2.46. The van der Waals surface area contributed by atoms with Crippen molar-refractivity contribution in [1.82, 2.24) is 15.0 Å². The van der Waals surface area contributed by atoms with Gasteiger partial charge in [0.2, 0.25) is 5.95 Å². The number of anilines is 2. The smallest absolute Gasteiger partial charge is 0.355 e. The van der Waals surface area contributed by atoms with Gasteiger partial charge in [-0.25, -0.2) is 10.8 Å². The van der Waals surface area contributed by atoms with E-state index in [-0.39, 0.29) is 11.8 Å². The van der Waals surface area contributed by atoms with Gasteiger partial charge >= 0.3 is 6.18 Å². The number of nitrogens with one attached hydrogen (secondary N) is 1. The number of hydrogen-bond donors (Lipinski definition) is 2. The van der Waals surface area contributed by atoms with Gasteiger partial charge in [-0.05, 0) is 17.7 Å². The molecular weight excluding hydrogens is 285 g/mol. The third-order valence-corrected chi connectivity index (χ3v) is 2.69. The molecule has 0 unspecified atom stereocenters. The van der Waals surface area contributed by atoms with Crippen molar-refractivity contribution in [1.29, 1.82) is 0 Å². The van der Waals surface area contributed by atoms with Crippen LogP contribution in [0.3, 0.4) is 0 Å². The number of nitrogen functional groups attached to an aromatic ring is 1. The molecule has 0 atom stereocenters. The molecule has 0 aliphatic carbocycles. The first-order chi connectivity index (χ1) is 9.90. The highest BCUT2D eigenvalue weighted by Crippen LogP contribution is 2.30. The molecule has 0 bridgehead atoms. The highest BCUT2D eigenvalue weighted by molar-refractivity contribution is 5.45. The van der Waals surface area contributed by atoms with E-state index < -0.39 is 11.9 Å². The van der Waals surface area contributed by atoms with Crippen LogP contribution in [0.4, 0.5) is 24.9 Å². The summed E-state index contributed by atoms with van der Waals surface area (Å²) in [6.07, 6.45) is -1.35. The second-order valence-electron chi connectivity index (χ2n) is 4.29. The molecule has 0 radical (unpaired) electrons. The van der Waals surface area contributed by atoms with E-state index in [1.165, 1.54) is 0 Å². The van der Waals surface area contributed by atoms with E-state index in [1.807, 2.05) is 5.43 Å². The zero-order valence-electron chi connectivity index (χ0n) is 11.1. The normalized spacial score (nSPS) is 11.3. The number of halogens is 3. The van der Waals surface area contributed by atoms with Crippen LogP contribution >= 0.6 is 0 Å². The van der Waals surface area contributed by atoms with Crippen LogP contribution in [-0.4, -0.2) is 22.0 Å². The second-order valence-corrected chi connectivity index (χ2v) is 4.29. The molecule has 2 aromatic heterocycles. The number of aromatic nitrogens is 3. The molecule has 0 aromatic carbocycles. The van der Waals surface area contributed by atoms with Crippen LogP contribution in [0.2, 0.25) is 0 Å². The molecule has 0 aliphatic rings. The van der Waals surface area contributed by atoms with Crippen molar-refractivity contribution in [2.24, 2.45) is 5.84 Å². The highest BCUT2D eigenvalue weighted by atomic mass is 19.4. The van der Waals surface area contributed by atoms with E-state index in [4.69, 9.17) is 5.84 Å². The molecule has 0 saturated carbocycles. The van der Waals surface area contributed by atoms with E-state index in [0.29, 0.717) is 6.54 Å². The molecule has 6 nitrogen and oxygen atoms in total. The van der Waals surface area contributed by atoms with Crippen LogP contribution in [0.15, 0.2) is 30.6 Å². The summed E-state index contributed by atoms with van der Waals surface area (Å²) in [7, 11) is 1.63. The molecule has 0 amide bonds. The third-order valence-electron chi connectivity index (χ3n) is 2.69. The van der Waals surface area contributed by atoms with Crippen LogP contribution in [0.5, 0.6) is 0 Å². The minimum atomic E-state index is -4.57. The Morgan fingerprint density at radius 2 is 1.90 bits per heavy atom. The summed E-state index contributed by atoms with van der Waals surface area (Å²) in [5.74, 6) is 4.94. The first-order valence-corrected chi connectivity index (χ1v) is 5.93. The minimum absolute atomic E-state index is 0.113. The zero-order valence-corrected chi connectivity index (χ0v) is 11.1. The van der Waals surface area contributed by atoms with Gasteiger partial charge in [-0.15, -0.1) is 0 Å². The lowest BCUT2D eigenvalue weighted by Crippen LogP contribution is -2.22. The van der Waals surface area contributed by atoms with Crippen LogP contribution in [0.25, 0.3) is 0 Å². The molecule has 3 N–H and O–H groups in total. The maximum atomic E-state index is 12.8. The molecule has 2 rings (SSSR count). The second kappa shape index (κ2) is 5.92. The molecule has 21 heavy (non-hydrogen) atoms. The van der Waals surface area contributed by atoms with Crippen LogP contribution in [-0.2, 0) is 12.7 Å². The standard InChI is InChI=1S/C12H13F3N6/c1-21(7-8-2-4-17-5-3-8)10-6-9(12(13,14)15)18-11(19-10)20-16/h2-6H,7,16H2,1H3,(H,18,19,20). The van der Waals surface area contributed by atoms with Crippen molar-refractivity contribution in [3.05, 3.63) is 41.9 Å². The van der Waals surface area contributed by atoms with Crippen molar-refractivity contribution in [3.8, 4) is 0 Å². The summed E-state index contributed by atoms with van der Waals surface area (Å²) < 4.78 is 38.4. The number of hydrazine groups is 1. The predicted molar refractivity (Wildman–Crippen MR) is 71.2 cm³/mol. The summed E-state index contributed by atoms with van der Waals surface area (Å²) in [4.78, 5) is 12.7. The van der Waals surface area contributed by atoms with Gasteiger partial charge in [0.05, 0.1) is 0 Å². The third kappa shape index (κ3) is 3.78. The van der Waals surface area contributed by atoms with Crippen molar-refractivity contribution in [2.45, 2.75) is 12.7 Å². The first kappa shape index (κ1) is 15.0. The number of pyridine rings is 1. The van der Waals surface area contributed by atoms with Crippen molar-refractivity contribution in [3.63, 3.8) is 0 Å². The van der Waals surface area contributed by atoms with Crippen LogP contribution in [0, 0.1) is 0 Å². The van der Waals surface area contributed by atoms with Crippen molar-refractivity contribution >= 4 is 11.8 Å². The number of alkyl halides is 3. The van der Waals surface area contributed by atoms with Gasteiger partial charge in [0.1, 0.15) is 5.82 Å². The lowest BCUT2D eigenvalue weighted by Gasteiger charge is -2.20. The molecule has 2 heterocycles. The number of nitrogens with two attached hydrogens (primary N) is 1. The maximum Gasteiger partial charge on any atom is 0.433 e. The van der Waals surface area contributed by atoms with E-state index in [1.54, 1.807) is 36.5 Å². The van der Waals surface area contributed by atoms with Crippen molar-refractivity contribution in [2.75, 3.05) is 17.4 Å². The molecule has 0 saturated heterocycles. The first-order valence-electron chi connectivity index (χ1n) is 5.93. The average molecular weight is 298 g/mol. The number of rotatable bonds is 4. The van der Waals surface area contributed by atoms with E-state index in [9.17, 15) is 13.2 Å². The topological polar surface area (TPSA) is 80.0 Å². The summed E-state index contributed by atoms with van der Waals surface area (Å²) >= 11 is 0. The van der Waals surface area contributed by atoms with Gasteiger partial charge in [-0.1, -0.05) is 0 Å². The van der Waals surface area contributed by atoms with Gasteiger partial charge in [-0.3, -0.25) is 10.4 Å². The Hall–Kier alpha value is -2.42. The van der Waals surface area contributed by atoms with Gasteiger partial charge in [0.15, 0.2) is 5.69 Å². The Balaban J connectivity index is 2.30. The summed E-state index contributed by atoms with van der Waals surface area (Å²) in [5, 5.41) is 0. The SMILES string of the molecule is CN(Cc1ccncc1)c1cc(C(F)(F)F)nc(NN)n1. The Bertz CT molecular complexity index is 602. The zero-order chi connectivity index (χ0) is 15.5. The van der Waals surface area contributed by atoms with E-state index in [2.05, 4.69) is 15.0 Å². The van der Waals surface area contributed by atoms with Gasteiger partial charge in [0.25, 0.3) is 0 Å². The molecule has 9 heteroatoms. The van der Waals surface area contributed by atoms with Gasteiger partial charge in [0, 0.05) is 32.1 Å². The fourth-order valence-electron chi connectivity index (χ4n) is 1.68. The molecule has 0 aliphatic heterocycles. The molecule has 0 fully saturated rings. The lowest BCUT2D eigenvalue weighted by molar-refractivity contribution is -0.141. The van der Waals surface area contributed by atoms with E-state index >= 15 is 0 Å². The Morgan fingerprint density at radius 1 is 1.24 bits per heavy atom. The van der Waals surface area contributed by atoms with Gasteiger partial charge in [-0.2, -0.15) is 18.2 Å². The Morgan fingerprint density at radius 3 is 2.48 bits per heavy atom. The number of nitrogens with zero attached hydrogens (tertiary/aromatic N) is 4. The Kier molecular flexibility index (Phi) is 4.22. The monoisotopic (exact) mass is 298 g/mol. The summed E-state index contributed by atoms with van der Waals surface area (Å²) in [5.41, 5.74) is 1.88. The highest BCUT2D eigenvalue weighted by Gasteiger charge is 2.34. The fraction of sp³-hybridized carbons (Fsp3) is 0.250. The van der Waals surface area contributed by atoms with Crippen LogP contribution in [0.1, 0.15) is 11.3 Å². The number of hydrogen-bond acceptors (Lipinski definition) is 6. The van der Waals surface area contributed by atoms with Crippen molar-refractivity contribution < 1.29 is 13.2 Å².